The molecule has 4 rings (SSSR count). The van der Waals surface area contributed by atoms with Gasteiger partial charge in [0.15, 0.2) is 0 Å². The lowest BCUT2D eigenvalue weighted by molar-refractivity contribution is -0.140. The molecule has 2 fully saturated rings. The molecular weight excluding hydrogens is 430 g/mol. The maximum Gasteiger partial charge on any atom is 0.295 e. The van der Waals surface area contributed by atoms with Crippen LogP contribution in [-0.4, -0.2) is 47.6 Å². The van der Waals surface area contributed by atoms with Gasteiger partial charge in [-0.25, -0.2) is 0 Å². The van der Waals surface area contributed by atoms with Crippen molar-refractivity contribution < 1.29 is 24.2 Å². The lowest BCUT2D eigenvalue weighted by Crippen LogP contribution is -2.36. The summed E-state index contributed by atoms with van der Waals surface area (Å²) in [6.07, 6.45) is 4.92. The van der Waals surface area contributed by atoms with Crippen molar-refractivity contribution in [3.8, 4) is 5.75 Å². The number of rotatable bonds is 9. The molecule has 0 spiro atoms. The second-order valence-electron chi connectivity index (χ2n) is 9.02. The van der Waals surface area contributed by atoms with Crippen molar-refractivity contribution in [1.29, 1.82) is 0 Å². The minimum absolute atomic E-state index is 0.103. The summed E-state index contributed by atoms with van der Waals surface area (Å²) in [5, 5.41) is 11.3. The van der Waals surface area contributed by atoms with Crippen LogP contribution in [0.25, 0.3) is 5.76 Å². The number of ketones is 1. The molecule has 6 heteroatoms. The van der Waals surface area contributed by atoms with Gasteiger partial charge in [-0.15, -0.1) is 0 Å². The van der Waals surface area contributed by atoms with Crippen molar-refractivity contribution in [2.24, 2.45) is 0 Å². The number of nitrogens with zero attached hydrogens (tertiary/aromatic N) is 1. The molecular formula is C28H33NO5. The van der Waals surface area contributed by atoms with E-state index in [9.17, 15) is 14.7 Å². The zero-order valence-electron chi connectivity index (χ0n) is 20.0. The molecule has 180 valence electrons. The highest BCUT2D eigenvalue weighted by atomic mass is 16.5. The highest BCUT2D eigenvalue weighted by Crippen LogP contribution is 2.41. The van der Waals surface area contributed by atoms with Crippen LogP contribution < -0.4 is 4.74 Å². The van der Waals surface area contributed by atoms with Crippen molar-refractivity contribution in [3.05, 3.63) is 70.8 Å². The Morgan fingerprint density at radius 2 is 1.88 bits per heavy atom. The SMILES string of the molecule is CCCCCOc1ccc(/C(O)=C2/C(=O)C(=O)N(CC3CCCO3)C2c2ccccc2C)cc1. The summed E-state index contributed by atoms with van der Waals surface area (Å²) in [5.41, 5.74) is 2.38. The Labute approximate surface area is 201 Å². The van der Waals surface area contributed by atoms with E-state index in [2.05, 4.69) is 6.92 Å². The Kier molecular flexibility index (Phi) is 7.68. The molecule has 2 aromatic carbocycles. The molecule has 2 aliphatic rings. The summed E-state index contributed by atoms with van der Waals surface area (Å²) >= 11 is 0. The fourth-order valence-corrected chi connectivity index (χ4v) is 4.70. The maximum absolute atomic E-state index is 13.2. The van der Waals surface area contributed by atoms with E-state index >= 15 is 0 Å². The van der Waals surface area contributed by atoms with Crippen LogP contribution in [0, 0.1) is 6.92 Å². The van der Waals surface area contributed by atoms with E-state index in [-0.39, 0.29) is 17.4 Å². The monoisotopic (exact) mass is 463 g/mol. The minimum Gasteiger partial charge on any atom is -0.507 e. The number of hydrogen-bond acceptors (Lipinski definition) is 5. The summed E-state index contributed by atoms with van der Waals surface area (Å²) in [6, 6.07) is 14.0. The number of hydrogen-bond donors (Lipinski definition) is 1. The Hall–Kier alpha value is -3.12. The number of benzene rings is 2. The molecule has 2 heterocycles. The first-order chi connectivity index (χ1) is 16.5. The number of aliphatic hydroxyl groups is 1. The van der Waals surface area contributed by atoms with Crippen LogP contribution in [0.5, 0.6) is 5.75 Å². The number of carbonyl (C=O) groups is 2. The van der Waals surface area contributed by atoms with Gasteiger partial charge in [-0.05, 0) is 61.6 Å². The van der Waals surface area contributed by atoms with Gasteiger partial charge in [-0.3, -0.25) is 9.59 Å². The number of carbonyl (C=O) groups excluding carboxylic acids is 2. The molecule has 0 saturated carbocycles. The van der Waals surface area contributed by atoms with Gasteiger partial charge in [0.05, 0.1) is 24.3 Å². The average Bonchev–Trinajstić information content (AvgIpc) is 3.45. The Bertz CT molecular complexity index is 1050. The van der Waals surface area contributed by atoms with Gasteiger partial charge in [0.25, 0.3) is 11.7 Å². The van der Waals surface area contributed by atoms with E-state index in [4.69, 9.17) is 9.47 Å². The van der Waals surface area contributed by atoms with E-state index in [0.717, 1.165) is 43.2 Å². The second kappa shape index (κ2) is 10.9. The van der Waals surface area contributed by atoms with Crippen LogP contribution in [0.15, 0.2) is 54.1 Å². The number of aliphatic hydroxyl groups excluding tert-OH is 1. The molecule has 0 aliphatic carbocycles. The smallest absolute Gasteiger partial charge is 0.295 e. The minimum atomic E-state index is -0.663. The van der Waals surface area contributed by atoms with Crippen LogP contribution in [0.1, 0.15) is 61.8 Å². The van der Waals surface area contributed by atoms with Gasteiger partial charge >= 0.3 is 0 Å². The third-order valence-electron chi connectivity index (χ3n) is 6.59. The van der Waals surface area contributed by atoms with Gasteiger partial charge in [-0.1, -0.05) is 44.0 Å². The fourth-order valence-electron chi connectivity index (χ4n) is 4.70. The molecule has 0 bridgehead atoms. The first-order valence-corrected chi connectivity index (χ1v) is 12.2. The van der Waals surface area contributed by atoms with Crippen molar-refractivity contribution in [1.82, 2.24) is 4.90 Å². The van der Waals surface area contributed by atoms with Crippen LogP contribution in [0.4, 0.5) is 0 Å². The van der Waals surface area contributed by atoms with E-state index in [1.165, 1.54) is 0 Å². The fraction of sp³-hybridized carbons (Fsp3) is 0.429. The molecule has 1 amide bonds. The van der Waals surface area contributed by atoms with Crippen molar-refractivity contribution in [2.45, 2.75) is 58.1 Å². The van der Waals surface area contributed by atoms with Crippen molar-refractivity contribution in [3.63, 3.8) is 0 Å². The van der Waals surface area contributed by atoms with E-state index in [1.807, 2.05) is 31.2 Å². The topological polar surface area (TPSA) is 76.1 Å². The zero-order valence-corrected chi connectivity index (χ0v) is 20.0. The highest BCUT2D eigenvalue weighted by molar-refractivity contribution is 6.46. The molecule has 2 saturated heterocycles. The third kappa shape index (κ3) is 5.02. The van der Waals surface area contributed by atoms with Crippen molar-refractivity contribution in [2.75, 3.05) is 19.8 Å². The number of amides is 1. The second-order valence-corrected chi connectivity index (χ2v) is 9.02. The van der Waals surface area contributed by atoms with Crippen molar-refractivity contribution >= 4 is 17.4 Å². The Balaban J connectivity index is 1.68. The Morgan fingerprint density at radius 1 is 1.12 bits per heavy atom. The number of unbranched alkanes of at least 4 members (excludes halogenated alkanes) is 2. The number of ether oxygens (including phenoxy) is 2. The van der Waals surface area contributed by atoms with Crippen LogP contribution >= 0.6 is 0 Å². The maximum atomic E-state index is 13.2. The predicted molar refractivity (Wildman–Crippen MR) is 131 cm³/mol. The quantitative estimate of drug-likeness (QED) is 0.240. The molecule has 34 heavy (non-hydrogen) atoms. The summed E-state index contributed by atoms with van der Waals surface area (Å²) in [6.45, 7) is 5.72. The summed E-state index contributed by atoms with van der Waals surface area (Å²) < 4.78 is 11.5. The number of Topliss-reactive ketones (excluding diaryl/α,β-unsaturated/α-hetero) is 1. The standard InChI is InChI=1S/C28H33NO5/c1-3-4-7-16-33-21-14-12-20(13-15-21)26(30)24-25(23-11-6-5-9-19(23)2)29(28(32)27(24)31)18-22-10-8-17-34-22/h5-6,9,11-15,22,25,30H,3-4,7-8,10,16-18H2,1-2H3/b26-24-. The Morgan fingerprint density at radius 3 is 2.56 bits per heavy atom. The van der Waals surface area contributed by atoms with Gasteiger partial charge < -0.3 is 19.5 Å². The van der Waals surface area contributed by atoms with E-state index in [1.54, 1.807) is 29.2 Å². The molecule has 2 atom stereocenters. The van der Waals surface area contributed by atoms with Gasteiger partial charge in [0, 0.05) is 18.7 Å². The lowest BCUT2D eigenvalue weighted by Gasteiger charge is -2.28. The summed E-state index contributed by atoms with van der Waals surface area (Å²) in [4.78, 5) is 27.9. The predicted octanol–water partition coefficient (Wildman–Crippen LogP) is 5.16. The first kappa shape index (κ1) is 24.0. The third-order valence-corrected chi connectivity index (χ3v) is 6.59. The van der Waals surface area contributed by atoms with E-state index in [0.29, 0.717) is 31.1 Å². The van der Waals surface area contributed by atoms with Crippen LogP contribution in [0.3, 0.4) is 0 Å². The van der Waals surface area contributed by atoms with Crippen LogP contribution in [-0.2, 0) is 14.3 Å². The average molecular weight is 464 g/mol. The van der Waals surface area contributed by atoms with E-state index < -0.39 is 17.7 Å². The zero-order chi connectivity index (χ0) is 24.1. The van der Waals surface area contributed by atoms with Gasteiger partial charge in [0.2, 0.25) is 0 Å². The van der Waals surface area contributed by atoms with Crippen LogP contribution in [0.2, 0.25) is 0 Å². The normalized spacial score (nSPS) is 21.9. The first-order valence-electron chi connectivity index (χ1n) is 12.2. The molecule has 2 aliphatic heterocycles. The largest absolute Gasteiger partial charge is 0.507 e. The summed E-state index contributed by atoms with van der Waals surface area (Å²) in [5.74, 6) is -0.717. The molecule has 2 aromatic rings. The molecule has 0 aromatic heterocycles. The molecule has 1 N–H and O–H groups in total. The number of likely N-dealkylation sites (tertiary alicyclic amines) is 1. The highest BCUT2D eigenvalue weighted by Gasteiger charge is 2.47. The molecule has 0 radical (unpaired) electrons. The van der Waals surface area contributed by atoms with Gasteiger partial charge in [-0.2, -0.15) is 0 Å². The molecule has 2 unspecified atom stereocenters. The number of aryl methyl sites for hydroxylation is 1. The lowest BCUT2D eigenvalue weighted by atomic mass is 9.92. The molecule has 6 nitrogen and oxygen atoms in total. The van der Waals surface area contributed by atoms with Gasteiger partial charge in [0.1, 0.15) is 11.5 Å². The summed E-state index contributed by atoms with van der Waals surface area (Å²) in [7, 11) is 0.